The van der Waals surface area contributed by atoms with Gasteiger partial charge in [0.2, 0.25) is 0 Å². The van der Waals surface area contributed by atoms with Gasteiger partial charge in [-0.1, -0.05) is 34.6 Å². The van der Waals surface area contributed by atoms with Crippen molar-refractivity contribution in [1.82, 2.24) is 4.57 Å². The summed E-state index contributed by atoms with van der Waals surface area (Å²) in [6.45, 7) is 11.8. The van der Waals surface area contributed by atoms with Crippen molar-refractivity contribution < 1.29 is 9.13 Å². The maximum absolute atomic E-state index is 14.2. The van der Waals surface area contributed by atoms with Gasteiger partial charge in [-0.15, -0.1) is 0 Å². The molecule has 0 N–H and O–H groups in total. The Morgan fingerprint density at radius 3 is 2.48 bits per heavy atom. The molecule has 2 rings (SSSR count). The molecular weight excluding hydrogens is 265 g/mol. The molecule has 0 radical (unpaired) electrons. The summed E-state index contributed by atoms with van der Waals surface area (Å²) >= 11 is 0. The highest BCUT2D eigenvalue weighted by Gasteiger charge is 2.21. The maximum Gasteiger partial charge on any atom is 0.127 e. The molecule has 0 bridgehead atoms. The van der Waals surface area contributed by atoms with Crippen LogP contribution in [0.5, 0.6) is 0 Å². The van der Waals surface area contributed by atoms with E-state index in [2.05, 4.69) is 38.5 Å². The first-order valence-corrected chi connectivity index (χ1v) is 7.78. The van der Waals surface area contributed by atoms with E-state index in [1.54, 1.807) is 6.07 Å². The predicted molar refractivity (Wildman–Crippen MR) is 86.2 cm³/mol. The average Bonchev–Trinajstić information content (AvgIpc) is 2.76. The molecule has 3 heteroatoms. The molecule has 0 spiro atoms. The van der Waals surface area contributed by atoms with Crippen molar-refractivity contribution >= 4 is 10.9 Å². The van der Waals surface area contributed by atoms with E-state index in [4.69, 9.17) is 4.74 Å². The van der Waals surface area contributed by atoms with Crippen LogP contribution < -0.4 is 0 Å². The molecular formula is C18H26FNO. The Balaban J connectivity index is 2.56. The van der Waals surface area contributed by atoms with Crippen LogP contribution in [0.1, 0.15) is 52.2 Å². The molecule has 0 aliphatic rings. The van der Waals surface area contributed by atoms with Crippen LogP contribution >= 0.6 is 0 Å². The fourth-order valence-corrected chi connectivity index (χ4v) is 2.64. The van der Waals surface area contributed by atoms with Gasteiger partial charge in [-0.25, -0.2) is 4.39 Å². The number of benzene rings is 1. The van der Waals surface area contributed by atoms with Crippen LogP contribution in [0.15, 0.2) is 18.3 Å². The Kier molecular flexibility index (Phi) is 4.72. The second-order valence-corrected chi connectivity index (χ2v) is 6.61. The molecule has 21 heavy (non-hydrogen) atoms. The predicted octanol–water partition coefficient (Wildman–Crippen LogP) is 5.02. The lowest BCUT2D eigenvalue weighted by molar-refractivity contribution is 0.0802. The minimum atomic E-state index is -0.109. The smallest absolute Gasteiger partial charge is 0.127 e. The van der Waals surface area contributed by atoms with Crippen molar-refractivity contribution in [3.05, 3.63) is 35.3 Å². The molecule has 1 heterocycles. The van der Waals surface area contributed by atoms with Crippen LogP contribution in [0.4, 0.5) is 4.39 Å². The third-order valence-corrected chi connectivity index (χ3v) is 3.82. The van der Waals surface area contributed by atoms with Gasteiger partial charge < -0.3 is 9.30 Å². The highest BCUT2D eigenvalue weighted by atomic mass is 19.1. The molecule has 2 aromatic rings. The van der Waals surface area contributed by atoms with Crippen molar-refractivity contribution in [3.8, 4) is 0 Å². The van der Waals surface area contributed by atoms with Crippen molar-refractivity contribution in [3.63, 3.8) is 0 Å². The van der Waals surface area contributed by atoms with E-state index < -0.39 is 0 Å². The van der Waals surface area contributed by atoms with E-state index in [0.717, 1.165) is 29.5 Å². The van der Waals surface area contributed by atoms with Crippen LogP contribution in [0.3, 0.4) is 0 Å². The van der Waals surface area contributed by atoms with E-state index in [1.807, 2.05) is 13.0 Å². The Morgan fingerprint density at radius 2 is 1.90 bits per heavy atom. The number of aromatic nitrogens is 1. The van der Waals surface area contributed by atoms with E-state index in [-0.39, 0.29) is 11.2 Å². The molecule has 2 nitrogen and oxygen atoms in total. The van der Waals surface area contributed by atoms with Gasteiger partial charge in [-0.3, -0.25) is 0 Å². The topological polar surface area (TPSA) is 14.2 Å². The SMILES string of the molecule is CCCOCn1cc(C(C)(C)C)c2cc(F)c(CC)cc21. The Hall–Kier alpha value is -1.35. The van der Waals surface area contributed by atoms with E-state index >= 15 is 0 Å². The van der Waals surface area contributed by atoms with Crippen LogP contribution in [-0.4, -0.2) is 11.2 Å². The fraction of sp³-hybridized carbons (Fsp3) is 0.556. The Morgan fingerprint density at radius 1 is 1.19 bits per heavy atom. The highest BCUT2D eigenvalue weighted by Crippen LogP contribution is 2.33. The lowest BCUT2D eigenvalue weighted by atomic mass is 9.86. The molecule has 0 unspecified atom stereocenters. The molecule has 1 aromatic heterocycles. The van der Waals surface area contributed by atoms with Crippen molar-refractivity contribution in [2.24, 2.45) is 0 Å². The number of halogens is 1. The zero-order chi connectivity index (χ0) is 15.6. The lowest BCUT2D eigenvalue weighted by Crippen LogP contribution is -2.10. The zero-order valence-electron chi connectivity index (χ0n) is 13.8. The second kappa shape index (κ2) is 6.18. The summed E-state index contributed by atoms with van der Waals surface area (Å²) in [5.74, 6) is -0.109. The minimum absolute atomic E-state index is 0.0194. The van der Waals surface area contributed by atoms with Gasteiger partial charge in [0, 0.05) is 18.2 Å². The summed E-state index contributed by atoms with van der Waals surface area (Å²) in [6, 6.07) is 3.65. The third-order valence-electron chi connectivity index (χ3n) is 3.82. The Labute approximate surface area is 126 Å². The number of ether oxygens (including phenoxy) is 1. The molecule has 0 atom stereocenters. The van der Waals surface area contributed by atoms with Gasteiger partial charge in [-0.05, 0) is 41.5 Å². The standard InChI is InChI=1S/C18H26FNO/c1-6-8-21-12-20-11-15(18(3,4)5)14-10-16(19)13(7-2)9-17(14)20/h9-11H,6-8,12H2,1-5H3. The van der Waals surface area contributed by atoms with Gasteiger partial charge in [0.25, 0.3) is 0 Å². The summed E-state index contributed by atoms with van der Waals surface area (Å²) < 4.78 is 21.9. The minimum Gasteiger partial charge on any atom is -0.361 e. The average molecular weight is 291 g/mol. The fourth-order valence-electron chi connectivity index (χ4n) is 2.64. The molecule has 0 saturated heterocycles. The molecule has 0 saturated carbocycles. The van der Waals surface area contributed by atoms with Gasteiger partial charge >= 0.3 is 0 Å². The highest BCUT2D eigenvalue weighted by molar-refractivity contribution is 5.85. The van der Waals surface area contributed by atoms with E-state index in [9.17, 15) is 4.39 Å². The molecule has 0 fully saturated rings. The van der Waals surface area contributed by atoms with Crippen molar-refractivity contribution in [2.45, 2.75) is 59.6 Å². The number of fused-ring (bicyclic) bond motifs is 1. The second-order valence-electron chi connectivity index (χ2n) is 6.61. The van der Waals surface area contributed by atoms with Gasteiger partial charge in [-0.2, -0.15) is 0 Å². The molecule has 0 aliphatic carbocycles. The number of rotatable bonds is 5. The summed E-state index contributed by atoms with van der Waals surface area (Å²) in [7, 11) is 0. The largest absolute Gasteiger partial charge is 0.361 e. The monoisotopic (exact) mass is 291 g/mol. The summed E-state index contributed by atoms with van der Waals surface area (Å²) in [5.41, 5.74) is 2.97. The van der Waals surface area contributed by atoms with Crippen LogP contribution in [0.2, 0.25) is 0 Å². The third kappa shape index (κ3) is 3.29. The first kappa shape index (κ1) is 16.0. The normalized spacial score (nSPS) is 12.3. The van der Waals surface area contributed by atoms with E-state index in [0.29, 0.717) is 13.2 Å². The van der Waals surface area contributed by atoms with Crippen LogP contribution in [-0.2, 0) is 23.3 Å². The first-order valence-electron chi connectivity index (χ1n) is 7.78. The van der Waals surface area contributed by atoms with Crippen molar-refractivity contribution in [2.75, 3.05) is 6.61 Å². The van der Waals surface area contributed by atoms with Crippen LogP contribution in [0.25, 0.3) is 10.9 Å². The summed E-state index contributed by atoms with van der Waals surface area (Å²) in [5, 5.41) is 0.997. The van der Waals surface area contributed by atoms with Crippen molar-refractivity contribution in [1.29, 1.82) is 0 Å². The summed E-state index contributed by atoms with van der Waals surface area (Å²) in [6.07, 6.45) is 3.81. The molecule has 0 amide bonds. The van der Waals surface area contributed by atoms with Gasteiger partial charge in [0.15, 0.2) is 0 Å². The number of hydrogen-bond acceptors (Lipinski definition) is 1. The number of hydrogen-bond donors (Lipinski definition) is 0. The van der Waals surface area contributed by atoms with E-state index in [1.165, 1.54) is 5.56 Å². The maximum atomic E-state index is 14.2. The molecule has 116 valence electrons. The van der Waals surface area contributed by atoms with Gasteiger partial charge in [0.1, 0.15) is 12.5 Å². The number of aryl methyl sites for hydroxylation is 1. The van der Waals surface area contributed by atoms with Crippen LogP contribution in [0, 0.1) is 5.82 Å². The first-order chi connectivity index (χ1) is 9.88. The lowest BCUT2D eigenvalue weighted by Gasteiger charge is -2.17. The van der Waals surface area contributed by atoms with Gasteiger partial charge in [0.05, 0.1) is 5.52 Å². The molecule has 1 aromatic carbocycles. The molecule has 0 aliphatic heterocycles. The zero-order valence-corrected chi connectivity index (χ0v) is 13.8. The summed E-state index contributed by atoms with van der Waals surface area (Å²) in [4.78, 5) is 0. The Bertz CT molecular complexity index is 622. The quantitative estimate of drug-likeness (QED) is 0.705. The number of nitrogens with zero attached hydrogens (tertiary/aromatic N) is 1.